The number of piperidine rings is 1. The fourth-order valence-electron chi connectivity index (χ4n) is 2.58. The molecular formula is C18H25NO2. The van der Waals surface area contributed by atoms with E-state index in [0.717, 1.165) is 42.9 Å². The molecule has 1 aromatic carbocycles. The molecule has 0 atom stereocenters. The van der Waals surface area contributed by atoms with Crippen molar-refractivity contribution >= 4 is 11.9 Å². The minimum atomic E-state index is 0.178. The first-order chi connectivity index (χ1) is 10.1. The first-order valence-electron chi connectivity index (χ1n) is 7.81. The smallest absolute Gasteiger partial charge is 0.161 e. The monoisotopic (exact) mass is 287 g/mol. The van der Waals surface area contributed by atoms with Crippen LogP contribution in [0.3, 0.4) is 0 Å². The average Bonchev–Trinajstić information content (AvgIpc) is 2.44. The quantitative estimate of drug-likeness (QED) is 0.776. The SMILES string of the molecule is CCCN1CCC(=O)/C(=C/c2ccc(OC(C)C)cc2)C1. The average molecular weight is 287 g/mol. The molecule has 1 aliphatic rings. The highest BCUT2D eigenvalue weighted by atomic mass is 16.5. The third-order valence-electron chi connectivity index (χ3n) is 3.54. The zero-order valence-electron chi connectivity index (χ0n) is 13.3. The van der Waals surface area contributed by atoms with Crippen LogP contribution in [0.1, 0.15) is 39.2 Å². The van der Waals surface area contributed by atoms with E-state index in [2.05, 4.69) is 11.8 Å². The number of ether oxygens (including phenoxy) is 1. The summed E-state index contributed by atoms with van der Waals surface area (Å²) < 4.78 is 5.63. The van der Waals surface area contributed by atoms with Crippen molar-refractivity contribution in [1.29, 1.82) is 0 Å². The molecule has 0 spiro atoms. The summed E-state index contributed by atoms with van der Waals surface area (Å²) in [5.41, 5.74) is 1.99. The van der Waals surface area contributed by atoms with Gasteiger partial charge in [-0.1, -0.05) is 19.1 Å². The van der Waals surface area contributed by atoms with Crippen LogP contribution < -0.4 is 4.74 Å². The van der Waals surface area contributed by atoms with Gasteiger partial charge < -0.3 is 4.74 Å². The van der Waals surface area contributed by atoms with Crippen molar-refractivity contribution in [3.8, 4) is 5.75 Å². The summed E-state index contributed by atoms with van der Waals surface area (Å²) in [6.07, 6.45) is 3.96. The Balaban J connectivity index is 2.08. The van der Waals surface area contributed by atoms with Crippen molar-refractivity contribution in [1.82, 2.24) is 4.90 Å². The van der Waals surface area contributed by atoms with Crippen LogP contribution in [0.2, 0.25) is 0 Å². The van der Waals surface area contributed by atoms with Crippen molar-refractivity contribution in [2.45, 2.75) is 39.7 Å². The summed E-state index contributed by atoms with van der Waals surface area (Å²) in [6, 6.07) is 7.94. The Morgan fingerprint density at radius 1 is 1.29 bits per heavy atom. The fourth-order valence-corrected chi connectivity index (χ4v) is 2.58. The van der Waals surface area contributed by atoms with Gasteiger partial charge in [-0.2, -0.15) is 0 Å². The number of carbonyl (C=O) groups excluding carboxylic acids is 1. The van der Waals surface area contributed by atoms with Crippen LogP contribution in [0.25, 0.3) is 6.08 Å². The molecule has 2 rings (SSSR count). The summed E-state index contributed by atoms with van der Waals surface area (Å²) in [5, 5.41) is 0. The Morgan fingerprint density at radius 3 is 2.62 bits per heavy atom. The van der Waals surface area contributed by atoms with Gasteiger partial charge in [-0.25, -0.2) is 0 Å². The molecule has 0 aliphatic carbocycles. The van der Waals surface area contributed by atoms with Crippen LogP contribution in [0.5, 0.6) is 5.75 Å². The second-order valence-corrected chi connectivity index (χ2v) is 5.85. The highest BCUT2D eigenvalue weighted by Crippen LogP contribution is 2.19. The molecule has 3 heteroatoms. The molecular weight excluding hydrogens is 262 g/mol. The number of hydrogen-bond acceptors (Lipinski definition) is 3. The van der Waals surface area contributed by atoms with E-state index >= 15 is 0 Å². The molecule has 0 amide bonds. The first kappa shape index (κ1) is 15.8. The van der Waals surface area contributed by atoms with Gasteiger partial charge in [0.2, 0.25) is 0 Å². The van der Waals surface area contributed by atoms with Crippen molar-refractivity contribution in [2.75, 3.05) is 19.6 Å². The minimum Gasteiger partial charge on any atom is -0.491 e. The standard InChI is InChI=1S/C18H25NO2/c1-4-10-19-11-9-18(20)16(13-19)12-15-5-7-17(8-6-15)21-14(2)3/h5-8,12,14H,4,9-11,13H2,1-3H3/b16-12+. The maximum atomic E-state index is 12.0. The van der Waals surface area contributed by atoms with E-state index < -0.39 is 0 Å². The molecule has 3 nitrogen and oxygen atoms in total. The zero-order valence-corrected chi connectivity index (χ0v) is 13.3. The number of nitrogens with zero attached hydrogens (tertiary/aromatic N) is 1. The highest BCUT2D eigenvalue weighted by molar-refractivity contribution is 6.00. The molecule has 1 saturated heterocycles. The number of carbonyl (C=O) groups is 1. The molecule has 0 aromatic heterocycles. The van der Waals surface area contributed by atoms with E-state index in [9.17, 15) is 4.79 Å². The van der Waals surface area contributed by atoms with Gasteiger partial charge in [0, 0.05) is 25.1 Å². The number of rotatable bonds is 5. The predicted molar refractivity (Wildman–Crippen MR) is 86.5 cm³/mol. The van der Waals surface area contributed by atoms with Crippen molar-refractivity contribution < 1.29 is 9.53 Å². The van der Waals surface area contributed by atoms with E-state index in [1.807, 2.05) is 44.2 Å². The molecule has 1 heterocycles. The zero-order chi connectivity index (χ0) is 15.2. The van der Waals surface area contributed by atoms with E-state index in [4.69, 9.17) is 4.74 Å². The summed E-state index contributed by atoms with van der Waals surface area (Å²) in [7, 11) is 0. The fraction of sp³-hybridized carbons (Fsp3) is 0.500. The number of likely N-dealkylation sites (tertiary alicyclic amines) is 1. The van der Waals surface area contributed by atoms with Crippen molar-refractivity contribution in [2.24, 2.45) is 0 Å². The Hall–Kier alpha value is -1.61. The lowest BCUT2D eigenvalue weighted by molar-refractivity contribution is -0.117. The molecule has 1 aliphatic heterocycles. The largest absolute Gasteiger partial charge is 0.491 e. The first-order valence-corrected chi connectivity index (χ1v) is 7.81. The van der Waals surface area contributed by atoms with Crippen LogP contribution in [-0.2, 0) is 4.79 Å². The lowest BCUT2D eigenvalue weighted by Crippen LogP contribution is -2.36. The molecule has 0 bridgehead atoms. The lowest BCUT2D eigenvalue weighted by Gasteiger charge is -2.27. The Kier molecular flexibility index (Phi) is 5.57. The number of ketones is 1. The van der Waals surface area contributed by atoms with E-state index in [0.29, 0.717) is 6.42 Å². The van der Waals surface area contributed by atoms with Gasteiger partial charge in [0.25, 0.3) is 0 Å². The lowest BCUT2D eigenvalue weighted by atomic mass is 10.00. The number of benzene rings is 1. The minimum absolute atomic E-state index is 0.178. The van der Waals surface area contributed by atoms with Crippen LogP contribution in [-0.4, -0.2) is 36.4 Å². The van der Waals surface area contributed by atoms with Gasteiger partial charge >= 0.3 is 0 Å². The van der Waals surface area contributed by atoms with Crippen molar-refractivity contribution in [3.05, 3.63) is 35.4 Å². The maximum absolute atomic E-state index is 12.0. The molecule has 0 unspecified atom stereocenters. The summed E-state index contributed by atoms with van der Waals surface area (Å²) in [5.74, 6) is 1.15. The van der Waals surface area contributed by atoms with Gasteiger partial charge in [-0.05, 0) is 50.6 Å². The van der Waals surface area contributed by atoms with E-state index in [-0.39, 0.29) is 11.9 Å². The van der Waals surface area contributed by atoms with E-state index in [1.54, 1.807) is 0 Å². The molecule has 0 N–H and O–H groups in total. The third-order valence-corrected chi connectivity index (χ3v) is 3.54. The molecule has 21 heavy (non-hydrogen) atoms. The summed E-state index contributed by atoms with van der Waals surface area (Å²) in [6.45, 7) is 8.93. The molecule has 1 aromatic rings. The summed E-state index contributed by atoms with van der Waals surface area (Å²) >= 11 is 0. The van der Waals surface area contributed by atoms with Crippen LogP contribution in [0.4, 0.5) is 0 Å². The molecule has 0 radical (unpaired) electrons. The summed E-state index contributed by atoms with van der Waals surface area (Å²) in [4.78, 5) is 14.4. The Labute approximate surface area is 127 Å². The number of hydrogen-bond donors (Lipinski definition) is 0. The van der Waals surface area contributed by atoms with Crippen LogP contribution in [0, 0.1) is 0 Å². The van der Waals surface area contributed by atoms with Gasteiger partial charge in [0.05, 0.1) is 6.10 Å². The molecule has 114 valence electrons. The van der Waals surface area contributed by atoms with Gasteiger partial charge in [0.15, 0.2) is 5.78 Å². The van der Waals surface area contributed by atoms with Crippen LogP contribution >= 0.6 is 0 Å². The van der Waals surface area contributed by atoms with Gasteiger partial charge in [0.1, 0.15) is 5.75 Å². The maximum Gasteiger partial charge on any atom is 0.161 e. The highest BCUT2D eigenvalue weighted by Gasteiger charge is 2.20. The van der Waals surface area contributed by atoms with E-state index in [1.165, 1.54) is 0 Å². The Bertz CT molecular complexity index is 502. The topological polar surface area (TPSA) is 29.5 Å². The molecule has 0 saturated carbocycles. The third kappa shape index (κ3) is 4.71. The van der Waals surface area contributed by atoms with Gasteiger partial charge in [-0.15, -0.1) is 0 Å². The predicted octanol–water partition coefficient (Wildman–Crippen LogP) is 3.54. The van der Waals surface area contributed by atoms with Crippen molar-refractivity contribution in [3.63, 3.8) is 0 Å². The van der Waals surface area contributed by atoms with Crippen LogP contribution in [0.15, 0.2) is 29.8 Å². The Morgan fingerprint density at radius 2 is 2.00 bits per heavy atom. The second kappa shape index (κ2) is 7.41. The van der Waals surface area contributed by atoms with Gasteiger partial charge in [-0.3, -0.25) is 9.69 Å². The number of Topliss-reactive ketones (excluding diaryl/α,β-unsaturated/α-hetero) is 1. The normalized spacial score (nSPS) is 18.5. The molecule has 1 fully saturated rings. The second-order valence-electron chi connectivity index (χ2n) is 5.85.